The number of benzene rings is 2. The van der Waals surface area contributed by atoms with E-state index in [9.17, 15) is 9.59 Å². The predicted molar refractivity (Wildman–Crippen MR) is 85.5 cm³/mol. The highest BCUT2D eigenvalue weighted by molar-refractivity contribution is 6.31. The van der Waals surface area contributed by atoms with E-state index in [-0.39, 0.29) is 6.03 Å². The second kappa shape index (κ2) is 7.47. The summed E-state index contributed by atoms with van der Waals surface area (Å²) in [5.74, 6) is -0.495. The Labute approximate surface area is 133 Å². The van der Waals surface area contributed by atoms with Crippen LogP contribution in [0.5, 0.6) is 0 Å². The van der Waals surface area contributed by atoms with Crippen molar-refractivity contribution in [3.63, 3.8) is 0 Å². The van der Waals surface area contributed by atoms with Gasteiger partial charge in [-0.3, -0.25) is 4.79 Å². The predicted octanol–water partition coefficient (Wildman–Crippen LogP) is 2.44. The molecule has 0 aromatic heterocycles. The number of primary amides is 1. The molecule has 2 aromatic rings. The van der Waals surface area contributed by atoms with E-state index in [1.807, 2.05) is 18.2 Å². The van der Waals surface area contributed by atoms with E-state index in [1.54, 1.807) is 30.3 Å². The van der Waals surface area contributed by atoms with Crippen molar-refractivity contribution in [2.75, 3.05) is 0 Å². The van der Waals surface area contributed by atoms with Gasteiger partial charge in [0.05, 0.1) is 0 Å². The van der Waals surface area contributed by atoms with Crippen LogP contribution in [0.4, 0.5) is 4.79 Å². The van der Waals surface area contributed by atoms with Crippen LogP contribution in [0.3, 0.4) is 0 Å². The zero-order chi connectivity index (χ0) is 15.9. The summed E-state index contributed by atoms with van der Waals surface area (Å²) in [5, 5.41) is 6.04. The van der Waals surface area contributed by atoms with Crippen molar-refractivity contribution in [1.29, 1.82) is 0 Å². The van der Waals surface area contributed by atoms with Gasteiger partial charge in [-0.1, -0.05) is 41.9 Å². The van der Waals surface area contributed by atoms with E-state index in [0.717, 1.165) is 11.1 Å². The Bertz CT molecular complexity index is 689. The minimum atomic E-state index is -0.495. The number of hydrogen-bond acceptors (Lipinski definition) is 2. The Morgan fingerprint density at radius 3 is 2.45 bits per heavy atom. The number of nitrogens with one attached hydrogen (secondary N) is 2. The van der Waals surface area contributed by atoms with Gasteiger partial charge in [0, 0.05) is 23.7 Å². The Morgan fingerprint density at radius 2 is 1.73 bits per heavy atom. The number of halogens is 1. The lowest BCUT2D eigenvalue weighted by Gasteiger charge is -2.09. The molecule has 0 atom stereocenters. The first-order chi connectivity index (χ1) is 10.6. The smallest absolute Gasteiger partial charge is 0.315 e. The van der Waals surface area contributed by atoms with Crippen LogP contribution < -0.4 is 16.4 Å². The number of carbonyl (C=O) groups excluding carboxylic acids is 2. The Morgan fingerprint density at radius 1 is 1.00 bits per heavy atom. The van der Waals surface area contributed by atoms with Crippen molar-refractivity contribution >= 4 is 23.5 Å². The fourth-order valence-electron chi connectivity index (χ4n) is 1.90. The zero-order valence-electron chi connectivity index (χ0n) is 11.8. The first kappa shape index (κ1) is 15.9. The Kier molecular flexibility index (Phi) is 5.38. The van der Waals surface area contributed by atoms with Gasteiger partial charge in [-0.05, 0) is 29.3 Å². The van der Waals surface area contributed by atoms with Crippen LogP contribution in [-0.2, 0) is 13.1 Å². The van der Waals surface area contributed by atoms with Gasteiger partial charge in [0.15, 0.2) is 0 Å². The first-order valence-electron chi connectivity index (χ1n) is 6.70. The van der Waals surface area contributed by atoms with E-state index in [4.69, 9.17) is 17.3 Å². The summed E-state index contributed by atoms with van der Waals surface area (Å²) in [6, 6.07) is 13.8. The van der Waals surface area contributed by atoms with Crippen LogP contribution >= 0.6 is 11.6 Å². The van der Waals surface area contributed by atoms with Crippen LogP contribution in [0, 0.1) is 0 Å². The Balaban J connectivity index is 1.84. The van der Waals surface area contributed by atoms with Gasteiger partial charge < -0.3 is 16.4 Å². The van der Waals surface area contributed by atoms with Crippen molar-refractivity contribution in [3.05, 3.63) is 70.2 Å². The molecule has 0 spiro atoms. The van der Waals surface area contributed by atoms with Crippen LogP contribution in [0.2, 0.25) is 5.02 Å². The summed E-state index contributed by atoms with van der Waals surface area (Å²) < 4.78 is 0. The third-order valence-electron chi connectivity index (χ3n) is 3.06. The van der Waals surface area contributed by atoms with Gasteiger partial charge in [-0.15, -0.1) is 0 Å². The minimum absolute atomic E-state index is 0.301. The molecular formula is C16H16ClN3O2. The van der Waals surface area contributed by atoms with E-state index in [1.165, 1.54) is 0 Å². The fourth-order valence-corrected chi connectivity index (χ4v) is 2.10. The van der Waals surface area contributed by atoms with Crippen molar-refractivity contribution < 1.29 is 9.59 Å². The van der Waals surface area contributed by atoms with E-state index in [0.29, 0.717) is 23.7 Å². The molecule has 0 aliphatic heterocycles. The van der Waals surface area contributed by atoms with E-state index >= 15 is 0 Å². The lowest BCUT2D eigenvalue weighted by Crippen LogP contribution is -2.34. The van der Waals surface area contributed by atoms with Crippen molar-refractivity contribution in [2.24, 2.45) is 5.73 Å². The van der Waals surface area contributed by atoms with Gasteiger partial charge in [0.2, 0.25) is 5.91 Å². The second-order valence-electron chi connectivity index (χ2n) is 4.69. The largest absolute Gasteiger partial charge is 0.366 e. The zero-order valence-corrected chi connectivity index (χ0v) is 12.6. The summed E-state index contributed by atoms with van der Waals surface area (Å²) in [6.45, 7) is 0.641. The highest BCUT2D eigenvalue weighted by Gasteiger charge is 2.05. The molecule has 0 heterocycles. The molecule has 0 unspecified atom stereocenters. The second-order valence-corrected chi connectivity index (χ2v) is 5.10. The molecule has 0 radical (unpaired) electrons. The van der Waals surface area contributed by atoms with Crippen molar-refractivity contribution in [1.82, 2.24) is 10.6 Å². The number of carbonyl (C=O) groups is 2. The van der Waals surface area contributed by atoms with Crippen LogP contribution in [0.15, 0.2) is 48.5 Å². The number of amides is 3. The molecule has 0 aliphatic rings. The van der Waals surface area contributed by atoms with Gasteiger partial charge in [0.1, 0.15) is 0 Å². The summed E-state index contributed by atoms with van der Waals surface area (Å²) >= 11 is 6.01. The summed E-state index contributed by atoms with van der Waals surface area (Å²) in [7, 11) is 0. The molecule has 5 nitrogen and oxygen atoms in total. The molecule has 0 fully saturated rings. The quantitative estimate of drug-likeness (QED) is 0.791. The molecule has 0 saturated carbocycles. The van der Waals surface area contributed by atoms with Crippen LogP contribution in [0.1, 0.15) is 21.5 Å². The van der Waals surface area contributed by atoms with E-state index in [2.05, 4.69) is 10.6 Å². The summed E-state index contributed by atoms with van der Waals surface area (Å²) in [6.07, 6.45) is 0. The molecule has 114 valence electrons. The van der Waals surface area contributed by atoms with E-state index < -0.39 is 5.91 Å². The third-order valence-corrected chi connectivity index (χ3v) is 3.43. The average molecular weight is 318 g/mol. The monoisotopic (exact) mass is 317 g/mol. The molecule has 6 heteroatoms. The molecule has 4 N–H and O–H groups in total. The van der Waals surface area contributed by atoms with Crippen molar-refractivity contribution in [2.45, 2.75) is 13.1 Å². The minimum Gasteiger partial charge on any atom is -0.366 e. The number of rotatable bonds is 5. The maximum Gasteiger partial charge on any atom is 0.315 e. The van der Waals surface area contributed by atoms with Crippen LogP contribution in [0.25, 0.3) is 0 Å². The number of nitrogens with two attached hydrogens (primary N) is 1. The van der Waals surface area contributed by atoms with Gasteiger partial charge in [-0.25, -0.2) is 4.79 Å². The molecule has 0 saturated heterocycles. The lowest BCUT2D eigenvalue weighted by atomic mass is 10.1. The Hall–Kier alpha value is -2.53. The van der Waals surface area contributed by atoms with Gasteiger partial charge >= 0.3 is 6.03 Å². The van der Waals surface area contributed by atoms with Crippen LogP contribution in [-0.4, -0.2) is 11.9 Å². The number of hydrogen-bond donors (Lipinski definition) is 3. The highest BCUT2D eigenvalue weighted by atomic mass is 35.5. The normalized spacial score (nSPS) is 10.0. The number of urea groups is 1. The molecule has 2 aromatic carbocycles. The molecule has 3 amide bonds. The fraction of sp³-hybridized carbons (Fsp3) is 0.125. The SMILES string of the molecule is NC(=O)c1cccc(CNC(=O)NCc2ccccc2Cl)c1. The standard InChI is InChI=1S/C16H16ClN3O2/c17-14-7-2-1-5-13(14)10-20-16(22)19-9-11-4-3-6-12(8-11)15(18)21/h1-8H,9-10H2,(H2,18,21)(H2,19,20,22). The summed E-state index contributed by atoms with van der Waals surface area (Å²) in [4.78, 5) is 22.9. The van der Waals surface area contributed by atoms with Gasteiger partial charge in [0.25, 0.3) is 0 Å². The lowest BCUT2D eigenvalue weighted by molar-refractivity contribution is 0.1000. The topological polar surface area (TPSA) is 84.2 Å². The molecule has 2 rings (SSSR count). The highest BCUT2D eigenvalue weighted by Crippen LogP contribution is 2.14. The maximum absolute atomic E-state index is 11.8. The van der Waals surface area contributed by atoms with Crippen molar-refractivity contribution in [3.8, 4) is 0 Å². The summed E-state index contributed by atoms with van der Waals surface area (Å²) in [5.41, 5.74) is 7.26. The average Bonchev–Trinajstić information content (AvgIpc) is 2.52. The molecule has 0 aliphatic carbocycles. The molecular weight excluding hydrogens is 302 g/mol. The maximum atomic E-state index is 11.8. The molecule has 22 heavy (non-hydrogen) atoms. The third kappa shape index (κ3) is 4.49. The first-order valence-corrected chi connectivity index (χ1v) is 7.08. The van der Waals surface area contributed by atoms with Gasteiger partial charge in [-0.2, -0.15) is 0 Å². The molecule has 0 bridgehead atoms.